The Morgan fingerprint density at radius 1 is 1.18 bits per heavy atom. The Kier molecular flexibility index (Phi) is 5.10. The van der Waals surface area contributed by atoms with Gasteiger partial charge >= 0.3 is 5.97 Å². The number of rotatable bonds is 5. The maximum absolute atomic E-state index is 12.7. The van der Waals surface area contributed by atoms with Crippen LogP contribution in [0.4, 0.5) is 5.82 Å². The summed E-state index contributed by atoms with van der Waals surface area (Å²) in [5.74, 6) is -0.0467. The lowest BCUT2D eigenvalue weighted by atomic mass is 9.96. The number of hydrogen-bond acceptors (Lipinski definition) is 5. The van der Waals surface area contributed by atoms with E-state index < -0.39 is 5.97 Å². The highest BCUT2D eigenvalue weighted by Crippen LogP contribution is 2.30. The topological polar surface area (TPSA) is 91.0 Å². The molecule has 2 heterocycles. The highest BCUT2D eigenvalue weighted by Gasteiger charge is 2.21. The molecule has 0 spiro atoms. The van der Waals surface area contributed by atoms with Gasteiger partial charge in [0.25, 0.3) is 0 Å². The van der Waals surface area contributed by atoms with Crippen LogP contribution in [0.3, 0.4) is 0 Å². The molecule has 3 aromatic rings. The normalized spacial score (nSPS) is 14.9. The molecule has 28 heavy (non-hydrogen) atoms. The second-order valence-electron chi connectivity index (χ2n) is 7.02. The third kappa shape index (κ3) is 3.49. The van der Waals surface area contributed by atoms with E-state index >= 15 is 0 Å². The van der Waals surface area contributed by atoms with Crippen molar-refractivity contribution in [3.05, 3.63) is 42.2 Å². The summed E-state index contributed by atoms with van der Waals surface area (Å²) in [4.78, 5) is 24.7. The average molecular weight is 381 g/mol. The maximum Gasteiger partial charge on any atom is 0.359 e. The van der Waals surface area contributed by atoms with Crippen molar-refractivity contribution in [2.75, 3.05) is 12.4 Å². The Balaban J connectivity index is 1.54. The highest BCUT2D eigenvalue weighted by atomic mass is 16.5. The fraction of sp³-hybridized carbons (Fsp3) is 0.400. The van der Waals surface area contributed by atoms with Crippen molar-refractivity contribution in [1.82, 2.24) is 19.6 Å². The van der Waals surface area contributed by atoms with E-state index in [0.717, 1.165) is 12.8 Å². The molecule has 1 N–H and O–H groups in total. The first-order valence-corrected chi connectivity index (χ1v) is 9.54. The van der Waals surface area contributed by atoms with Crippen LogP contribution in [0.1, 0.15) is 48.6 Å². The van der Waals surface area contributed by atoms with Gasteiger partial charge in [0, 0.05) is 11.5 Å². The van der Waals surface area contributed by atoms with Crippen molar-refractivity contribution in [3.63, 3.8) is 0 Å². The number of benzene rings is 1. The van der Waals surface area contributed by atoms with Crippen molar-refractivity contribution in [1.29, 1.82) is 0 Å². The number of nitrogens with one attached hydrogen (secondary N) is 1. The Bertz CT molecular complexity index is 1000. The van der Waals surface area contributed by atoms with Crippen LogP contribution in [0.2, 0.25) is 0 Å². The number of carbonyl (C=O) groups excluding carboxylic acids is 2. The van der Waals surface area contributed by atoms with Gasteiger partial charge in [0.05, 0.1) is 24.9 Å². The van der Waals surface area contributed by atoms with Gasteiger partial charge in [0.15, 0.2) is 5.69 Å². The van der Waals surface area contributed by atoms with Crippen molar-refractivity contribution >= 4 is 28.6 Å². The van der Waals surface area contributed by atoms with Crippen LogP contribution in [0, 0.1) is 0 Å². The number of anilines is 1. The molecule has 0 unspecified atom stereocenters. The minimum Gasteiger partial charge on any atom is -0.464 e. The van der Waals surface area contributed by atoms with Crippen LogP contribution < -0.4 is 5.32 Å². The molecule has 8 heteroatoms. The first-order chi connectivity index (χ1) is 13.7. The second-order valence-corrected chi connectivity index (χ2v) is 7.02. The quantitative estimate of drug-likeness (QED) is 0.686. The number of fused-ring (bicyclic) bond motifs is 1. The summed E-state index contributed by atoms with van der Waals surface area (Å²) in [7, 11) is 1.31. The van der Waals surface area contributed by atoms with Gasteiger partial charge in [0.1, 0.15) is 12.4 Å². The fourth-order valence-corrected chi connectivity index (χ4v) is 3.84. The lowest BCUT2D eigenvalue weighted by Gasteiger charge is -2.23. The van der Waals surface area contributed by atoms with Gasteiger partial charge in [-0.2, -0.15) is 10.2 Å². The number of nitrogens with zero attached hydrogens (tertiary/aromatic N) is 4. The average Bonchev–Trinajstić information content (AvgIpc) is 3.33. The van der Waals surface area contributed by atoms with Gasteiger partial charge in [-0.25, -0.2) is 9.48 Å². The monoisotopic (exact) mass is 381 g/mol. The largest absolute Gasteiger partial charge is 0.464 e. The van der Waals surface area contributed by atoms with E-state index in [-0.39, 0.29) is 18.1 Å². The van der Waals surface area contributed by atoms with E-state index in [2.05, 4.69) is 15.5 Å². The van der Waals surface area contributed by atoms with E-state index in [1.54, 1.807) is 12.3 Å². The van der Waals surface area contributed by atoms with Gasteiger partial charge in [-0.15, -0.1) is 0 Å². The Morgan fingerprint density at radius 2 is 1.96 bits per heavy atom. The number of amides is 1. The van der Waals surface area contributed by atoms with E-state index in [4.69, 9.17) is 4.74 Å². The zero-order valence-corrected chi connectivity index (χ0v) is 15.8. The van der Waals surface area contributed by atoms with E-state index in [1.807, 2.05) is 28.9 Å². The lowest BCUT2D eigenvalue weighted by Crippen LogP contribution is -2.23. The van der Waals surface area contributed by atoms with Crippen LogP contribution >= 0.6 is 0 Å². The highest BCUT2D eigenvalue weighted by molar-refractivity contribution is 6.02. The summed E-state index contributed by atoms with van der Waals surface area (Å²) in [6.07, 6.45) is 7.51. The second kappa shape index (κ2) is 7.84. The van der Waals surface area contributed by atoms with Gasteiger partial charge in [-0.05, 0) is 18.9 Å². The Hall–Kier alpha value is -3.16. The summed E-state index contributed by atoms with van der Waals surface area (Å²) >= 11 is 0. The van der Waals surface area contributed by atoms with Crippen LogP contribution in [0.5, 0.6) is 0 Å². The molecule has 1 saturated carbocycles. The predicted octanol–water partition coefficient (Wildman–Crippen LogP) is 3.16. The van der Waals surface area contributed by atoms with Crippen molar-refractivity contribution in [2.45, 2.75) is 44.7 Å². The summed E-state index contributed by atoms with van der Waals surface area (Å²) in [5.41, 5.74) is 0.914. The third-order valence-electron chi connectivity index (χ3n) is 5.19. The molecule has 146 valence electrons. The van der Waals surface area contributed by atoms with Crippen LogP contribution in [0.15, 0.2) is 36.5 Å². The molecule has 0 saturated heterocycles. The molecule has 0 atom stereocenters. The van der Waals surface area contributed by atoms with Crippen LogP contribution in [0.25, 0.3) is 10.9 Å². The molecule has 0 radical (unpaired) electrons. The molecule has 0 aliphatic heterocycles. The molecular formula is C20H23N5O3. The zero-order chi connectivity index (χ0) is 19.5. The first-order valence-electron chi connectivity index (χ1n) is 9.54. The molecule has 4 rings (SSSR count). The molecule has 1 amide bonds. The smallest absolute Gasteiger partial charge is 0.359 e. The zero-order valence-electron chi connectivity index (χ0n) is 15.8. The van der Waals surface area contributed by atoms with E-state index in [9.17, 15) is 9.59 Å². The van der Waals surface area contributed by atoms with Gasteiger partial charge in [-0.3, -0.25) is 9.48 Å². The predicted molar refractivity (Wildman–Crippen MR) is 104 cm³/mol. The lowest BCUT2D eigenvalue weighted by molar-refractivity contribution is -0.116. The maximum atomic E-state index is 12.7. The SMILES string of the molecule is COC(=O)c1nn(CC(=O)Nc2ccnn2C2CCCCC2)c2ccccc12. The molecule has 0 bridgehead atoms. The number of methoxy groups -OCH3 is 1. The Morgan fingerprint density at radius 3 is 2.75 bits per heavy atom. The minimum atomic E-state index is -0.522. The van der Waals surface area contributed by atoms with Crippen LogP contribution in [-0.4, -0.2) is 38.5 Å². The standard InChI is InChI=1S/C20H23N5O3/c1-28-20(27)19-15-9-5-6-10-16(15)24(23-19)13-18(26)22-17-11-12-21-25(17)14-7-3-2-4-8-14/h5-6,9-12,14H,2-4,7-8,13H2,1H3,(H,22,26). The summed E-state index contributed by atoms with van der Waals surface area (Å²) in [6, 6.07) is 9.43. The third-order valence-corrected chi connectivity index (χ3v) is 5.19. The molecule has 1 fully saturated rings. The van der Waals surface area contributed by atoms with Gasteiger partial charge in [0.2, 0.25) is 5.91 Å². The van der Waals surface area contributed by atoms with Gasteiger partial charge in [-0.1, -0.05) is 37.5 Å². The number of aromatic nitrogens is 4. The fourth-order valence-electron chi connectivity index (χ4n) is 3.84. The minimum absolute atomic E-state index is 0.00659. The number of ether oxygens (including phenoxy) is 1. The number of para-hydroxylation sites is 1. The molecule has 1 aliphatic rings. The molecule has 2 aromatic heterocycles. The van der Waals surface area contributed by atoms with Crippen molar-refractivity contribution in [3.8, 4) is 0 Å². The number of esters is 1. The number of carbonyl (C=O) groups is 2. The summed E-state index contributed by atoms with van der Waals surface area (Å²) < 4.78 is 8.24. The molecule has 1 aliphatic carbocycles. The molecule has 1 aromatic carbocycles. The van der Waals surface area contributed by atoms with Crippen molar-refractivity contribution < 1.29 is 14.3 Å². The van der Waals surface area contributed by atoms with Crippen LogP contribution in [-0.2, 0) is 16.1 Å². The van der Waals surface area contributed by atoms with Crippen molar-refractivity contribution in [2.24, 2.45) is 0 Å². The summed E-state index contributed by atoms with van der Waals surface area (Å²) in [5, 5.41) is 12.3. The van der Waals surface area contributed by atoms with E-state index in [0.29, 0.717) is 22.8 Å². The molecular weight excluding hydrogens is 358 g/mol. The Labute approximate surface area is 162 Å². The van der Waals surface area contributed by atoms with Gasteiger partial charge < -0.3 is 10.1 Å². The number of hydrogen-bond donors (Lipinski definition) is 1. The molecule has 8 nitrogen and oxygen atoms in total. The first kappa shape index (κ1) is 18.2. The summed E-state index contributed by atoms with van der Waals surface area (Å²) in [6.45, 7) is -0.00659. The van der Waals surface area contributed by atoms with E-state index in [1.165, 1.54) is 31.1 Å².